The van der Waals surface area contributed by atoms with Gasteiger partial charge in [-0.3, -0.25) is 4.79 Å². The lowest BCUT2D eigenvalue weighted by molar-refractivity contribution is -0.124. The number of halogens is 1. The molecule has 1 aliphatic rings. The van der Waals surface area contributed by atoms with Crippen LogP contribution in [0.25, 0.3) is 0 Å². The number of ether oxygens (including phenoxy) is 1. The minimum absolute atomic E-state index is 0. The largest absolute Gasteiger partial charge is 0.373 e. The lowest BCUT2D eigenvalue weighted by Gasteiger charge is -2.25. The number of rotatable bonds is 8. The molecular weight excluding hydrogens is 312 g/mol. The normalized spacial score (nSPS) is 17.7. The summed E-state index contributed by atoms with van der Waals surface area (Å²) in [6.07, 6.45) is 4.54. The maximum Gasteiger partial charge on any atom is 0.224 e. The average molecular weight is 341 g/mol. The molecule has 4 nitrogen and oxygen atoms in total. The second kappa shape index (κ2) is 10.6. The molecule has 2 unspecified atom stereocenters. The third-order valence-corrected chi connectivity index (χ3v) is 4.21. The topological polar surface area (TPSA) is 50.4 Å². The molecule has 0 bridgehead atoms. The quantitative estimate of drug-likeness (QED) is 0.715. The third-order valence-electron chi connectivity index (χ3n) is 4.21. The number of benzene rings is 1. The van der Waals surface area contributed by atoms with Crippen molar-refractivity contribution >= 4 is 18.3 Å². The van der Waals surface area contributed by atoms with Crippen molar-refractivity contribution in [2.75, 3.05) is 26.7 Å². The standard InChI is InChI=1S/C18H28N2O2.ClH/c1-14(13-19-2)18(21)20-11-6-12-22-17-10-5-8-15-7-3-4-9-16(15)17;/h3-4,7,9,14,17,19H,5-6,8,10-13H2,1-2H3,(H,20,21);1H. The molecule has 1 aromatic carbocycles. The molecule has 2 N–H and O–H groups in total. The Morgan fingerprint density at radius 2 is 2.17 bits per heavy atom. The van der Waals surface area contributed by atoms with Gasteiger partial charge in [0.2, 0.25) is 5.91 Å². The van der Waals surface area contributed by atoms with Crippen LogP contribution in [0, 0.1) is 5.92 Å². The molecule has 0 heterocycles. The molecule has 5 heteroatoms. The number of nitrogens with one attached hydrogen (secondary N) is 2. The minimum atomic E-state index is 0. The highest BCUT2D eigenvalue weighted by molar-refractivity contribution is 5.85. The Bertz CT molecular complexity index is 482. The van der Waals surface area contributed by atoms with Gasteiger partial charge >= 0.3 is 0 Å². The molecule has 2 atom stereocenters. The van der Waals surface area contributed by atoms with E-state index in [1.807, 2.05) is 14.0 Å². The molecule has 0 aliphatic heterocycles. The number of aryl methyl sites for hydroxylation is 1. The number of carbonyl (C=O) groups excluding carboxylic acids is 1. The summed E-state index contributed by atoms with van der Waals surface area (Å²) >= 11 is 0. The first-order valence-corrected chi connectivity index (χ1v) is 8.34. The summed E-state index contributed by atoms with van der Waals surface area (Å²) in [6.45, 7) is 4.02. The van der Waals surface area contributed by atoms with Gasteiger partial charge < -0.3 is 15.4 Å². The van der Waals surface area contributed by atoms with Gasteiger partial charge in [-0.25, -0.2) is 0 Å². The van der Waals surface area contributed by atoms with Crippen molar-refractivity contribution in [2.45, 2.75) is 38.7 Å². The maximum absolute atomic E-state index is 11.8. The zero-order chi connectivity index (χ0) is 15.8. The molecule has 2 rings (SSSR count). The van der Waals surface area contributed by atoms with E-state index in [4.69, 9.17) is 4.74 Å². The summed E-state index contributed by atoms with van der Waals surface area (Å²) < 4.78 is 6.04. The van der Waals surface area contributed by atoms with Crippen LogP contribution in [-0.2, 0) is 16.0 Å². The van der Waals surface area contributed by atoms with E-state index < -0.39 is 0 Å². The Hall–Kier alpha value is -1.10. The fourth-order valence-electron chi connectivity index (χ4n) is 2.96. The zero-order valence-electron chi connectivity index (χ0n) is 14.1. The summed E-state index contributed by atoms with van der Waals surface area (Å²) in [7, 11) is 1.86. The number of hydrogen-bond donors (Lipinski definition) is 2. The van der Waals surface area contributed by atoms with Crippen LogP contribution in [0.1, 0.15) is 43.4 Å². The van der Waals surface area contributed by atoms with Crippen molar-refractivity contribution in [1.29, 1.82) is 0 Å². The highest BCUT2D eigenvalue weighted by Gasteiger charge is 2.19. The van der Waals surface area contributed by atoms with Crippen molar-refractivity contribution < 1.29 is 9.53 Å². The molecular formula is C18H29ClN2O2. The van der Waals surface area contributed by atoms with E-state index >= 15 is 0 Å². The van der Waals surface area contributed by atoms with E-state index in [2.05, 4.69) is 34.9 Å². The molecule has 0 aromatic heterocycles. The monoisotopic (exact) mass is 340 g/mol. The first-order chi connectivity index (χ1) is 10.7. The van der Waals surface area contributed by atoms with Crippen LogP contribution in [0.3, 0.4) is 0 Å². The lowest BCUT2D eigenvalue weighted by Crippen LogP contribution is -2.35. The van der Waals surface area contributed by atoms with Crippen molar-refractivity contribution in [2.24, 2.45) is 5.92 Å². The molecule has 1 amide bonds. The number of fused-ring (bicyclic) bond motifs is 1. The second-order valence-corrected chi connectivity index (χ2v) is 6.05. The molecule has 0 radical (unpaired) electrons. The molecule has 130 valence electrons. The highest BCUT2D eigenvalue weighted by Crippen LogP contribution is 2.32. The SMILES string of the molecule is CNCC(C)C(=O)NCCCOC1CCCc2ccccc21.Cl. The van der Waals surface area contributed by atoms with E-state index in [9.17, 15) is 4.79 Å². The van der Waals surface area contributed by atoms with E-state index in [1.165, 1.54) is 17.5 Å². The van der Waals surface area contributed by atoms with Gasteiger partial charge in [-0.05, 0) is 43.9 Å². The van der Waals surface area contributed by atoms with Gasteiger partial charge in [0.25, 0.3) is 0 Å². The van der Waals surface area contributed by atoms with E-state index in [-0.39, 0.29) is 30.3 Å². The Labute approximate surface area is 145 Å². The van der Waals surface area contributed by atoms with Crippen molar-refractivity contribution in [3.05, 3.63) is 35.4 Å². The first kappa shape index (κ1) is 19.9. The summed E-state index contributed by atoms with van der Waals surface area (Å²) in [6, 6.07) is 8.57. The lowest BCUT2D eigenvalue weighted by atomic mass is 9.89. The van der Waals surface area contributed by atoms with Crippen LogP contribution in [-0.4, -0.2) is 32.7 Å². The second-order valence-electron chi connectivity index (χ2n) is 6.05. The summed E-state index contributed by atoms with van der Waals surface area (Å²) in [4.78, 5) is 11.8. The number of amides is 1. The fraction of sp³-hybridized carbons (Fsp3) is 0.611. The van der Waals surface area contributed by atoms with Crippen LogP contribution >= 0.6 is 12.4 Å². The van der Waals surface area contributed by atoms with Crippen LogP contribution in [0.5, 0.6) is 0 Å². The Morgan fingerprint density at radius 3 is 2.96 bits per heavy atom. The van der Waals surface area contributed by atoms with Crippen molar-refractivity contribution in [3.63, 3.8) is 0 Å². The Balaban J connectivity index is 0.00000264. The van der Waals surface area contributed by atoms with Gasteiger partial charge in [0.1, 0.15) is 0 Å². The zero-order valence-corrected chi connectivity index (χ0v) is 15.0. The first-order valence-electron chi connectivity index (χ1n) is 8.34. The van der Waals surface area contributed by atoms with Gasteiger partial charge in [0.15, 0.2) is 0 Å². The van der Waals surface area contributed by atoms with Crippen LogP contribution in [0.15, 0.2) is 24.3 Å². The molecule has 0 spiro atoms. The highest BCUT2D eigenvalue weighted by atomic mass is 35.5. The van der Waals surface area contributed by atoms with E-state index in [0.29, 0.717) is 19.7 Å². The van der Waals surface area contributed by atoms with Crippen LogP contribution in [0.4, 0.5) is 0 Å². The van der Waals surface area contributed by atoms with Crippen LogP contribution < -0.4 is 10.6 Å². The molecule has 1 aliphatic carbocycles. The van der Waals surface area contributed by atoms with Crippen molar-refractivity contribution in [3.8, 4) is 0 Å². The van der Waals surface area contributed by atoms with Gasteiger partial charge in [-0.2, -0.15) is 0 Å². The van der Waals surface area contributed by atoms with Crippen LogP contribution in [0.2, 0.25) is 0 Å². The fourth-order valence-corrected chi connectivity index (χ4v) is 2.96. The van der Waals surface area contributed by atoms with E-state index in [0.717, 1.165) is 19.3 Å². The average Bonchev–Trinajstić information content (AvgIpc) is 2.54. The molecule has 0 fully saturated rings. The van der Waals surface area contributed by atoms with Gasteiger partial charge in [-0.15, -0.1) is 12.4 Å². The predicted octanol–water partition coefficient (Wildman–Crippen LogP) is 2.86. The number of carbonyl (C=O) groups is 1. The molecule has 23 heavy (non-hydrogen) atoms. The summed E-state index contributed by atoms with van der Waals surface area (Å²) in [5.41, 5.74) is 2.77. The van der Waals surface area contributed by atoms with E-state index in [1.54, 1.807) is 0 Å². The van der Waals surface area contributed by atoms with Crippen molar-refractivity contribution in [1.82, 2.24) is 10.6 Å². The molecule has 1 aromatic rings. The minimum Gasteiger partial charge on any atom is -0.373 e. The number of hydrogen-bond acceptors (Lipinski definition) is 3. The predicted molar refractivity (Wildman–Crippen MR) is 96.0 cm³/mol. The Kier molecular flexibility index (Phi) is 9.22. The van der Waals surface area contributed by atoms with Gasteiger partial charge in [0, 0.05) is 25.6 Å². The van der Waals surface area contributed by atoms with Gasteiger partial charge in [0.05, 0.1) is 6.10 Å². The van der Waals surface area contributed by atoms with Gasteiger partial charge in [-0.1, -0.05) is 31.2 Å². The smallest absolute Gasteiger partial charge is 0.224 e. The summed E-state index contributed by atoms with van der Waals surface area (Å²) in [5, 5.41) is 5.98. The molecule has 0 saturated carbocycles. The molecule has 0 saturated heterocycles. The maximum atomic E-state index is 11.8. The third kappa shape index (κ3) is 6.13. The summed E-state index contributed by atoms with van der Waals surface area (Å²) in [5.74, 6) is 0.119. The Morgan fingerprint density at radius 1 is 1.39 bits per heavy atom.